The molecular formula is C17H32O2Si. The van der Waals surface area contributed by atoms with Gasteiger partial charge in [0.25, 0.3) is 0 Å². The first-order valence-corrected chi connectivity index (χ1v) is 11.3. The first kappa shape index (κ1) is 19.3. The highest BCUT2D eigenvalue weighted by Crippen LogP contribution is 2.15. The zero-order valence-corrected chi connectivity index (χ0v) is 14.9. The minimum atomic E-state index is -1.35. The summed E-state index contributed by atoms with van der Waals surface area (Å²) in [5.41, 5.74) is 0. The maximum absolute atomic E-state index is 10.2. The second kappa shape index (κ2) is 11.0. The lowest BCUT2D eigenvalue weighted by Gasteiger charge is -2.25. The van der Waals surface area contributed by atoms with E-state index in [1.807, 2.05) is 6.08 Å². The SMILES string of the molecule is CCC=CCC(CCC)O[Si](C)(C)C.O=C1C=CCC1. The van der Waals surface area contributed by atoms with Crippen molar-refractivity contribution in [3.8, 4) is 0 Å². The maximum atomic E-state index is 10.2. The van der Waals surface area contributed by atoms with E-state index in [2.05, 4.69) is 45.6 Å². The minimum absolute atomic E-state index is 0.273. The van der Waals surface area contributed by atoms with Crippen LogP contribution in [0.4, 0.5) is 0 Å². The van der Waals surface area contributed by atoms with E-state index in [9.17, 15) is 4.79 Å². The van der Waals surface area contributed by atoms with Crippen molar-refractivity contribution in [2.24, 2.45) is 0 Å². The van der Waals surface area contributed by atoms with Crippen LogP contribution >= 0.6 is 0 Å². The Morgan fingerprint density at radius 2 is 2.00 bits per heavy atom. The predicted octanol–water partition coefficient (Wildman–Crippen LogP) is 5.27. The van der Waals surface area contributed by atoms with Crippen molar-refractivity contribution in [3.63, 3.8) is 0 Å². The molecule has 0 saturated heterocycles. The summed E-state index contributed by atoms with van der Waals surface area (Å²) in [5, 5.41) is 0. The Morgan fingerprint density at radius 1 is 1.30 bits per heavy atom. The van der Waals surface area contributed by atoms with Gasteiger partial charge in [0.05, 0.1) is 0 Å². The van der Waals surface area contributed by atoms with E-state index in [1.54, 1.807) is 6.08 Å². The third kappa shape index (κ3) is 12.4. The normalized spacial score (nSPS) is 16.4. The number of hydrogen-bond acceptors (Lipinski definition) is 2. The number of ketones is 1. The van der Waals surface area contributed by atoms with Gasteiger partial charge in [-0.1, -0.05) is 38.5 Å². The van der Waals surface area contributed by atoms with E-state index in [0.717, 1.165) is 25.7 Å². The van der Waals surface area contributed by atoms with E-state index in [1.165, 1.54) is 12.8 Å². The monoisotopic (exact) mass is 296 g/mol. The topological polar surface area (TPSA) is 26.3 Å². The fourth-order valence-electron chi connectivity index (χ4n) is 1.99. The van der Waals surface area contributed by atoms with Crippen molar-refractivity contribution in [1.29, 1.82) is 0 Å². The molecule has 3 heteroatoms. The molecule has 1 aliphatic carbocycles. The standard InChI is InChI=1S/C12H26OSi.C5H6O/c1-6-8-9-11-12(10-7-2)13-14(3,4)5;6-5-3-1-2-4-5/h8-9,12H,6-7,10-11H2,1-5H3;1,3H,2,4H2. The molecule has 0 heterocycles. The summed E-state index contributed by atoms with van der Waals surface area (Å²) in [4.78, 5) is 10.2. The summed E-state index contributed by atoms with van der Waals surface area (Å²) in [6.45, 7) is 11.2. The second-order valence-corrected chi connectivity index (χ2v) is 10.6. The first-order chi connectivity index (χ1) is 9.39. The predicted molar refractivity (Wildman–Crippen MR) is 90.6 cm³/mol. The Labute approximate surface area is 126 Å². The van der Waals surface area contributed by atoms with Gasteiger partial charge in [-0.2, -0.15) is 0 Å². The molecule has 1 unspecified atom stereocenters. The molecule has 0 spiro atoms. The molecule has 0 radical (unpaired) electrons. The van der Waals surface area contributed by atoms with Gasteiger partial charge in [-0.05, 0) is 51.4 Å². The molecule has 0 aromatic carbocycles. The number of hydrogen-bond donors (Lipinski definition) is 0. The molecule has 0 bridgehead atoms. The van der Waals surface area contributed by atoms with Crippen LogP contribution < -0.4 is 0 Å². The van der Waals surface area contributed by atoms with Gasteiger partial charge >= 0.3 is 0 Å². The van der Waals surface area contributed by atoms with Gasteiger partial charge in [-0.3, -0.25) is 4.79 Å². The van der Waals surface area contributed by atoms with Crippen LogP contribution in [0.3, 0.4) is 0 Å². The fraction of sp³-hybridized carbons (Fsp3) is 0.706. The Hall–Kier alpha value is -0.673. The number of carbonyl (C=O) groups is 1. The molecule has 0 amide bonds. The third-order valence-corrected chi connectivity index (χ3v) is 3.83. The van der Waals surface area contributed by atoms with Crippen molar-refractivity contribution in [1.82, 2.24) is 0 Å². The Kier molecular flexibility index (Phi) is 10.7. The van der Waals surface area contributed by atoms with E-state index in [-0.39, 0.29) is 5.78 Å². The molecule has 1 aliphatic rings. The lowest BCUT2D eigenvalue weighted by atomic mass is 10.1. The minimum Gasteiger partial charge on any atom is -0.414 e. The highest BCUT2D eigenvalue weighted by atomic mass is 28.4. The third-order valence-electron chi connectivity index (χ3n) is 2.79. The van der Waals surface area contributed by atoms with E-state index in [4.69, 9.17) is 4.43 Å². The maximum Gasteiger partial charge on any atom is 0.184 e. The summed E-state index contributed by atoms with van der Waals surface area (Å²) in [6, 6.07) is 0. The molecule has 1 atom stereocenters. The van der Waals surface area contributed by atoms with Gasteiger partial charge in [0.1, 0.15) is 0 Å². The smallest absolute Gasteiger partial charge is 0.184 e. The van der Waals surface area contributed by atoms with Gasteiger partial charge in [-0.15, -0.1) is 0 Å². The van der Waals surface area contributed by atoms with Gasteiger partial charge in [0.2, 0.25) is 0 Å². The molecule has 0 aromatic rings. The quantitative estimate of drug-likeness (QED) is 0.472. The Morgan fingerprint density at radius 3 is 2.35 bits per heavy atom. The first-order valence-electron chi connectivity index (χ1n) is 7.91. The van der Waals surface area contributed by atoms with Crippen LogP contribution in [0.5, 0.6) is 0 Å². The van der Waals surface area contributed by atoms with Gasteiger partial charge < -0.3 is 4.43 Å². The van der Waals surface area contributed by atoms with Gasteiger partial charge in [-0.25, -0.2) is 0 Å². The molecule has 0 aliphatic heterocycles. The molecule has 2 nitrogen and oxygen atoms in total. The van der Waals surface area contributed by atoms with E-state index < -0.39 is 8.32 Å². The van der Waals surface area contributed by atoms with Crippen LogP contribution in [-0.4, -0.2) is 20.2 Å². The molecule has 0 N–H and O–H groups in total. The highest BCUT2D eigenvalue weighted by Gasteiger charge is 2.19. The molecule has 116 valence electrons. The number of carbonyl (C=O) groups excluding carboxylic acids is 1. The van der Waals surface area contributed by atoms with Crippen LogP contribution in [-0.2, 0) is 9.22 Å². The highest BCUT2D eigenvalue weighted by molar-refractivity contribution is 6.69. The summed E-state index contributed by atoms with van der Waals surface area (Å²) in [7, 11) is -1.35. The zero-order chi connectivity index (χ0) is 15.4. The largest absolute Gasteiger partial charge is 0.414 e. The molecular weight excluding hydrogens is 264 g/mol. The van der Waals surface area contributed by atoms with Crippen molar-refractivity contribution < 1.29 is 9.22 Å². The Bertz CT molecular complexity index is 313. The fourth-order valence-corrected chi connectivity index (χ4v) is 3.20. The average molecular weight is 297 g/mol. The Balaban J connectivity index is 0.000000493. The van der Waals surface area contributed by atoms with Crippen LogP contribution in [0.1, 0.15) is 52.4 Å². The molecule has 1 rings (SSSR count). The van der Waals surface area contributed by atoms with Crippen molar-refractivity contribution in [2.75, 3.05) is 0 Å². The lowest BCUT2D eigenvalue weighted by molar-refractivity contribution is -0.114. The summed E-state index contributed by atoms with van der Waals surface area (Å²) < 4.78 is 6.11. The van der Waals surface area contributed by atoms with Crippen molar-refractivity contribution >= 4 is 14.1 Å². The molecule has 0 aromatic heterocycles. The summed E-state index contributed by atoms with van der Waals surface area (Å²) >= 11 is 0. The van der Waals surface area contributed by atoms with Gasteiger partial charge in [0, 0.05) is 12.5 Å². The van der Waals surface area contributed by atoms with Crippen molar-refractivity contribution in [3.05, 3.63) is 24.3 Å². The molecule has 0 saturated carbocycles. The molecule has 20 heavy (non-hydrogen) atoms. The average Bonchev–Trinajstić information content (AvgIpc) is 2.80. The van der Waals surface area contributed by atoms with Crippen molar-refractivity contribution in [2.45, 2.75) is 78.1 Å². The zero-order valence-electron chi connectivity index (χ0n) is 13.9. The number of rotatable bonds is 7. The van der Waals surface area contributed by atoms with Crippen LogP contribution in [0, 0.1) is 0 Å². The van der Waals surface area contributed by atoms with E-state index >= 15 is 0 Å². The summed E-state index contributed by atoms with van der Waals surface area (Å²) in [5.74, 6) is 0.273. The van der Waals surface area contributed by atoms with Crippen LogP contribution in [0.15, 0.2) is 24.3 Å². The number of allylic oxidation sites excluding steroid dienone is 3. The second-order valence-electron chi connectivity index (χ2n) is 6.16. The van der Waals surface area contributed by atoms with Crippen LogP contribution in [0.25, 0.3) is 0 Å². The van der Waals surface area contributed by atoms with E-state index in [0.29, 0.717) is 6.10 Å². The molecule has 0 fully saturated rings. The summed E-state index contributed by atoms with van der Waals surface area (Å²) in [6.07, 6.45) is 14.8. The van der Waals surface area contributed by atoms with Crippen LogP contribution in [0.2, 0.25) is 19.6 Å². The van der Waals surface area contributed by atoms with Gasteiger partial charge in [0.15, 0.2) is 14.1 Å². The lowest BCUT2D eigenvalue weighted by Crippen LogP contribution is -2.31.